The number of hydrogen-bond donors (Lipinski definition) is 2. The summed E-state index contributed by atoms with van der Waals surface area (Å²) in [5.41, 5.74) is 1.42. The maximum atomic E-state index is 5.77. The number of methoxy groups -OCH3 is 1. The van der Waals surface area contributed by atoms with E-state index in [0.717, 1.165) is 50.1 Å². The van der Waals surface area contributed by atoms with Crippen molar-refractivity contribution >= 4 is 5.96 Å². The van der Waals surface area contributed by atoms with Crippen molar-refractivity contribution in [2.24, 2.45) is 4.99 Å². The predicted octanol–water partition coefficient (Wildman–Crippen LogP) is 2.99. The third kappa shape index (κ3) is 5.87. The highest BCUT2D eigenvalue weighted by molar-refractivity contribution is 5.79. The number of nitrogens with zero attached hydrogens (tertiary/aromatic N) is 1. The molecule has 6 heteroatoms. The van der Waals surface area contributed by atoms with Gasteiger partial charge in [-0.1, -0.05) is 30.3 Å². The molecule has 29 heavy (non-hydrogen) atoms. The second kappa shape index (κ2) is 10.7. The maximum Gasteiger partial charge on any atom is 0.191 e. The fraction of sp³-hybridized carbons (Fsp3) is 0.435. The van der Waals surface area contributed by atoms with Gasteiger partial charge in [0, 0.05) is 32.2 Å². The number of rotatable bonds is 8. The highest BCUT2D eigenvalue weighted by Gasteiger charge is 2.34. The number of guanidine groups is 1. The van der Waals surface area contributed by atoms with Gasteiger partial charge in [0.15, 0.2) is 5.96 Å². The quantitative estimate of drug-likeness (QED) is 0.407. The Kier molecular flexibility index (Phi) is 7.76. The molecule has 6 nitrogen and oxygen atoms in total. The summed E-state index contributed by atoms with van der Waals surface area (Å²) in [5, 5.41) is 6.83. The van der Waals surface area contributed by atoms with Crippen LogP contribution in [0.2, 0.25) is 0 Å². The predicted molar refractivity (Wildman–Crippen MR) is 116 cm³/mol. The molecule has 2 N–H and O–H groups in total. The summed E-state index contributed by atoms with van der Waals surface area (Å²) in [6, 6.07) is 18.3. The third-order valence-corrected chi connectivity index (χ3v) is 5.38. The Bertz CT molecular complexity index is 757. The van der Waals surface area contributed by atoms with Crippen molar-refractivity contribution < 1.29 is 14.2 Å². The van der Waals surface area contributed by atoms with Gasteiger partial charge in [-0.3, -0.25) is 4.99 Å². The minimum Gasteiger partial charge on any atom is -0.497 e. The summed E-state index contributed by atoms with van der Waals surface area (Å²) in [6.07, 6.45) is 2.00. The number of ether oxygens (including phenoxy) is 3. The van der Waals surface area contributed by atoms with E-state index in [0.29, 0.717) is 13.2 Å². The Morgan fingerprint density at radius 3 is 2.34 bits per heavy atom. The van der Waals surface area contributed by atoms with Crippen molar-refractivity contribution in [1.29, 1.82) is 0 Å². The van der Waals surface area contributed by atoms with E-state index >= 15 is 0 Å². The van der Waals surface area contributed by atoms with Gasteiger partial charge in [0.05, 0.1) is 13.7 Å². The Hall–Kier alpha value is -2.73. The second-order valence-corrected chi connectivity index (χ2v) is 7.14. The molecule has 0 unspecified atom stereocenters. The first kappa shape index (κ1) is 21.0. The first-order valence-electron chi connectivity index (χ1n) is 10.1. The molecule has 0 radical (unpaired) electrons. The lowest BCUT2D eigenvalue weighted by molar-refractivity contribution is 0.0514. The van der Waals surface area contributed by atoms with Crippen LogP contribution in [0.3, 0.4) is 0 Å². The third-order valence-electron chi connectivity index (χ3n) is 5.38. The standard InChI is InChI=1S/C23H31N3O3/c1-24-22(25-14-17-29-21-10-8-20(27-2)9-11-21)26-18-23(12-15-28-16-13-23)19-6-4-3-5-7-19/h3-11H,12-18H2,1-2H3,(H2,24,25,26). The van der Waals surface area contributed by atoms with Crippen molar-refractivity contribution in [1.82, 2.24) is 10.6 Å². The molecule has 1 aliphatic heterocycles. The lowest BCUT2D eigenvalue weighted by Gasteiger charge is -2.38. The molecular weight excluding hydrogens is 366 g/mol. The van der Waals surface area contributed by atoms with Crippen LogP contribution in [-0.2, 0) is 10.2 Å². The molecule has 1 fully saturated rings. The summed E-state index contributed by atoms with van der Waals surface area (Å²) in [7, 11) is 3.44. The molecule has 0 atom stereocenters. The van der Waals surface area contributed by atoms with E-state index in [4.69, 9.17) is 14.2 Å². The van der Waals surface area contributed by atoms with E-state index in [2.05, 4.69) is 46.0 Å². The topological polar surface area (TPSA) is 64.1 Å². The minimum absolute atomic E-state index is 0.0662. The lowest BCUT2D eigenvalue weighted by Crippen LogP contribution is -2.48. The van der Waals surface area contributed by atoms with Crippen molar-refractivity contribution in [3.8, 4) is 11.5 Å². The SMILES string of the molecule is CN=C(NCCOc1ccc(OC)cc1)NCC1(c2ccccc2)CCOCC1. The fourth-order valence-electron chi connectivity index (χ4n) is 3.61. The Morgan fingerprint density at radius 2 is 1.69 bits per heavy atom. The van der Waals surface area contributed by atoms with Gasteiger partial charge in [0.2, 0.25) is 0 Å². The fourth-order valence-corrected chi connectivity index (χ4v) is 3.61. The zero-order valence-corrected chi connectivity index (χ0v) is 17.3. The first-order chi connectivity index (χ1) is 14.3. The summed E-state index contributed by atoms with van der Waals surface area (Å²) >= 11 is 0. The summed E-state index contributed by atoms with van der Waals surface area (Å²) in [5.74, 6) is 2.42. The highest BCUT2D eigenvalue weighted by Crippen LogP contribution is 2.34. The zero-order valence-electron chi connectivity index (χ0n) is 17.3. The van der Waals surface area contributed by atoms with Crippen LogP contribution in [0, 0.1) is 0 Å². The average Bonchev–Trinajstić information content (AvgIpc) is 2.80. The molecular formula is C23H31N3O3. The number of hydrogen-bond acceptors (Lipinski definition) is 4. The van der Waals surface area contributed by atoms with Crippen molar-refractivity contribution in [3.05, 3.63) is 60.2 Å². The monoisotopic (exact) mass is 397 g/mol. The molecule has 0 aromatic heterocycles. The van der Waals surface area contributed by atoms with Crippen LogP contribution >= 0.6 is 0 Å². The van der Waals surface area contributed by atoms with Gasteiger partial charge in [-0.2, -0.15) is 0 Å². The molecule has 0 aliphatic carbocycles. The van der Waals surface area contributed by atoms with E-state index in [1.54, 1.807) is 14.2 Å². The van der Waals surface area contributed by atoms with Crippen LogP contribution < -0.4 is 20.1 Å². The number of benzene rings is 2. The Balaban J connectivity index is 1.48. The number of aliphatic imine (C=N–C) groups is 1. The second-order valence-electron chi connectivity index (χ2n) is 7.14. The van der Waals surface area contributed by atoms with Crippen molar-refractivity contribution in [2.75, 3.05) is 47.1 Å². The van der Waals surface area contributed by atoms with Gasteiger partial charge in [0.1, 0.15) is 18.1 Å². The molecule has 0 saturated carbocycles. The van der Waals surface area contributed by atoms with Gasteiger partial charge in [0.25, 0.3) is 0 Å². The van der Waals surface area contributed by atoms with Crippen LogP contribution in [0.1, 0.15) is 18.4 Å². The molecule has 1 heterocycles. The van der Waals surface area contributed by atoms with Gasteiger partial charge < -0.3 is 24.8 Å². The van der Waals surface area contributed by atoms with Crippen LogP contribution in [-0.4, -0.2) is 53.0 Å². The molecule has 2 aromatic rings. The van der Waals surface area contributed by atoms with E-state index in [1.807, 2.05) is 24.3 Å². The Labute approximate surface area is 173 Å². The molecule has 156 valence electrons. The smallest absolute Gasteiger partial charge is 0.191 e. The van der Waals surface area contributed by atoms with E-state index in [9.17, 15) is 0 Å². The largest absolute Gasteiger partial charge is 0.497 e. The van der Waals surface area contributed by atoms with Gasteiger partial charge in [-0.25, -0.2) is 0 Å². The highest BCUT2D eigenvalue weighted by atomic mass is 16.5. The van der Waals surface area contributed by atoms with Crippen LogP contribution in [0.15, 0.2) is 59.6 Å². The van der Waals surface area contributed by atoms with E-state index < -0.39 is 0 Å². The molecule has 3 rings (SSSR count). The normalized spacial score (nSPS) is 16.1. The van der Waals surface area contributed by atoms with Crippen LogP contribution in [0.5, 0.6) is 11.5 Å². The summed E-state index contributed by atoms with van der Waals surface area (Å²) in [4.78, 5) is 4.36. The van der Waals surface area contributed by atoms with E-state index in [1.165, 1.54) is 5.56 Å². The molecule has 1 saturated heterocycles. The van der Waals surface area contributed by atoms with Gasteiger partial charge in [-0.05, 0) is 42.7 Å². The molecule has 2 aromatic carbocycles. The lowest BCUT2D eigenvalue weighted by atomic mass is 9.74. The molecule has 0 amide bonds. The first-order valence-corrected chi connectivity index (χ1v) is 10.1. The number of nitrogens with one attached hydrogen (secondary N) is 2. The van der Waals surface area contributed by atoms with Crippen molar-refractivity contribution in [2.45, 2.75) is 18.3 Å². The molecule has 0 spiro atoms. The zero-order chi connectivity index (χ0) is 20.4. The van der Waals surface area contributed by atoms with Crippen molar-refractivity contribution in [3.63, 3.8) is 0 Å². The molecule has 0 bridgehead atoms. The average molecular weight is 398 g/mol. The van der Waals surface area contributed by atoms with Gasteiger partial charge >= 0.3 is 0 Å². The minimum atomic E-state index is 0.0662. The Morgan fingerprint density at radius 1 is 1.00 bits per heavy atom. The van der Waals surface area contributed by atoms with Gasteiger partial charge in [-0.15, -0.1) is 0 Å². The summed E-state index contributed by atoms with van der Waals surface area (Å²) in [6.45, 7) is 3.61. The molecule has 1 aliphatic rings. The van der Waals surface area contributed by atoms with Crippen LogP contribution in [0.25, 0.3) is 0 Å². The van der Waals surface area contributed by atoms with E-state index in [-0.39, 0.29) is 5.41 Å². The maximum absolute atomic E-state index is 5.77. The van der Waals surface area contributed by atoms with Crippen LogP contribution in [0.4, 0.5) is 0 Å². The summed E-state index contributed by atoms with van der Waals surface area (Å²) < 4.78 is 16.5.